The minimum Gasteiger partial charge on any atom is -0.395 e. The van der Waals surface area contributed by atoms with E-state index < -0.39 is 61.5 Å². The molecule has 3 rings (SSSR count). The van der Waals surface area contributed by atoms with Gasteiger partial charge in [0.2, 0.25) is 0 Å². The lowest BCUT2D eigenvalue weighted by atomic mass is 9.97. The van der Waals surface area contributed by atoms with Crippen molar-refractivity contribution in [2.24, 2.45) is 10.8 Å². The molecule has 2 heterocycles. The average molecular weight is 480 g/mol. The Morgan fingerprint density at radius 1 is 1.42 bits per heavy atom. The lowest BCUT2D eigenvalue weighted by Crippen LogP contribution is -2.40. The van der Waals surface area contributed by atoms with Crippen molar-refractivity contribution in [3.63, 3.8) is 0 Å². The normalized spacial score (nSPS) is 30.7. The minimum absolute atomic E-state index is 0.0436. The van der Waals surface area contributed by atoms with Gasteiger partial charge in [0, 0.05) is 18.0 Å². The molecule has 0 aromatic carbocycles. The molecule has 0 radical (unpaired) electrons. The summed E-state index contributed by atoms with van der Waals surface area (Å²) < 4.78 is 29.2. The molecule has 2 fully saturated rings. The second-order valence-corrected chi connectivity index (χ2v) is 10.1. The van der Waals surface area contributed by atoms with Crippen molar-refractivity contribution in [1.29, 1.82) is 0 Å². The minimum atomic E-state index is -3.01. The number of aromatic amines is 1. The van der Waals surface area contributed by atoms with Gasteiger partial charge in [-0.2, -0.15) is 0 Å². The van der Waals surface area contributed by atoms with Crippen molar-refractivity contribution in [2.75, 3.05) is 25.6 Å². The molecule has 174 valence electrons. The third-order valence-corrected chi connectivity index (χ3v) is 7.51. The lowest BCUT2D eigenvalue weighted by molar-refractivity contribution is -0.119. The van der Waals surface area contributed by atoms with Gasteiger partial charge in [-0.05, 0) is 13.8 Å². The SMILES string of the molecule is CC(C)(CO)C(=O)SCCO[PH](=O)OC1[C@H]2O[C@@H](n3ccc(=O)[nH]c3=O)[C@H](O)[C@@]12CO. The quantitative estimate of drug-likeness (QED) is 0.235. The van der Waals surface area contributed by atoms with E-state index in [1.807, 2.05) is 0 Å². The van der Waals surface area contributed by atoms with Gasteiger partial charge in [0.05, 0.1) is 30.7 Å². The molecule has 12 nitrogen and oxygen atoms in total. The van der Waals surface area contributed by atoms with E-state index >= 15 is 0 Å². The standard InChI is InChI=1S/C17H25N2O10PS/c1-16(2,7-20)14(24)31-6-5-27-30(26)29-12-11-17(12,8-21)10(23)13(28-11)19-4-3-9(22)18-15(19)25/h3-4,10-13,20-21,23,30H,5-8H2,1-2H3,(H,18,22,25)/t10-,11+,12?,13+,17+/m0/s1. The number of aliphatic hydroxyl groups is 3. The van der Waals surface area contributed by atoms with Crippen LogP contribution in [0.5, 0.6) is 0 Å². The van der Waals surface area contributed by atoms with E-state index in [9.17, 15) is 29.2 Å². The molecule has 14 heteroatoms. The van der Waals surface area contributed by atoms with Gasteiger partial charge in [0.1, 0.15) is 18.3 Å². The van der Waals surface area contributed by atoms with Crippen molar-refractivity contribution in [2.45, 2.75) is 38.4 Å². The van der Waals surface area contributed by atoms with Crippen LogP contribution >= 0.6 is 20.0 Å². The Morgan fingerprint density at radius 3 is 2.71 bits per heavy atom. The van der Waals surface area contributed by atoms with Crippen molar-refractivity contribution < 1.29 is 38.5 Å². The highest BCUT2D eigenvalue weighted by molar-refractivity contribution is 8.13. The van der Waals surface area contributed by atoms with Gasteiger partial charge >= 0.3 is 13.9 Å². The van der Waals surface area contributed by atoms with Gasteiger partial charge in [-0.3, -0.25) is 23.7 Å². The number of aliphatic hydroxyl groups excluding tert-OH is 3. The highest BCUT2D eigenvalue weighted by Gasteiger charge is 2.78. The van der Waals surface area contributed by atoms with Crippen LogP contribution in [0.3, 0.4) is 0 Å². The molecule has 6 atom stereocenters. The second-order valence-electron chi connectivity index (χ2n) is 7.99. The van der Waals surface area contributed by atoms with Crippen LogP contribution in [0.15, 0.2) is 21.9 Å². The highest BCUT2D eigenvalue weighted by atomic mass is 32.2. The number of aromatic nitrogens is 2. The number of nitrogens with zero attached hydrogens (tertiary/aromatic N) is 1. The predicted octanol–water partition coefficient (Wildman–Crippen LogP) is -1.14. The van der Waals surface area contributed by atoms with Gasteiger partial charge in [-0.1, -0.05) is 11.8 Å². The number of hydrogen-bond acceptors (Lipinski definition) is 11. The topological polar surface area (TPSA) is 177 Å². The van der Waals surface area contributed by atoms with Crippen LogP contribution < -0.4 is 11.2 Å². The largest absolute Gasteiger partial charge is 0.395 e. The summed E-state index contributed by atoms with van der Waals surface area (Å²) in [6.45, 7) is 2.33. The Labute approximate surface area is 181 Å². The zero-order valence-corrected chi connectivity index (χ0v) is 18.7. The molecular formula is C17H25N2O10PS. The van der Waals surface area contributed by atoms with Crippen molar-refractivity contribution in [1.82, 2.24) is 9.55 Å². The maximum Gasteiger partial charge on any atom is 0.330 e. The molecule has 0 bridgehead atoms. The van der Waals surface area contributed by atoms with Crippen LogP contribution in [0.4, 0.5) is 0 Å². The smallest absolute Gasteiger partial charge is 0.330 e. The Bertz CT molecular complexity index is 965. The summed E-state index contributed by atoms with van der Waals surface area (Å²) in [5, 5.41) is 29.4. The van der Waals surface area contributed by atoms with Crippen LogP contribution in [-0.4, -0.2) is 73.9 Å². The Balaban J connectivity index is 1.52. The fourth-order valence-electron chi connectivity index (χ4n) is 3.36. The monoisotopic (exact) mass is 480 g/mol. The molecule has 1 saturated carbocycles. The summed E-state index contributed by atoms with van der Waals surface area (Å²) in [5.74, 6) is 0.206. The van der Waals surface area contributed by atoms with Gasteiger partial charge in [0.15, 0.2) is 11.3 Å². The summed E-state index contributed by atoms with van der Waals surface area (Å²) in [6, 6.07) is 1.10. The third-order valence-electron chi connectivity index (χ3n) is 5.44. The zero-order valence-electron chi connectivity index (χ0n) is 16.8. The number of carbonyl (C=O) groups excluding carboxylic acids is 1. The maximum atomic E-state index is 12.1. The number of ether oxygens (including phenoxy) is 1. The van der Waals surface area contributed by atoms with E-state index in [1.165, 1.54) is 6.20 Å². The predicted molar refractivity (Wildman–Crippen MR) is 109 cm³/mol. The van der Waals surface area contributed by atoms with Gasteiger partial charge in [-0.25, -0.2) is 4.79 Å². The van der Waals surface area contributed by atoms with E-state index in [2.05, 4.69) is 4.98 Å². The van der Waals surface area contributed by atoms with Gasteiger partial charge < -0.3 is 29.1 Å². The number of carbonyl (C=O) groups is 1. The first-order chi connectivity index (χ1) is 14.6. The molecule has 1 aromatic rings. The Kier molecular flexibility index (Phi) is 7.28. The summed E-state index contributed by atoms with van der Waals surface area (Å²) >= 11 is 0.941. The zero-order chi connectivity index (χ0) is 23.0. The van der Waals surface area contributed by atoms with Crippen molar-refractivity contribution >= 4 is 25.1 Å². The molecule has 1 aliphatic heterocycles. The van der Waals surface area contributed by atoms with Gasteiger partial charge in [-0.15, -0.1) is 0 Å². The summed E-state index contributed by atoms with van der Waals surface area (Å²) in [5.41, 5.74) is -3.55. The number of rotatable bonds is 10. The molecule has 2 aliphatic rings. The molecule has 2 unspecified atom stereocenters. The lowest BCUT2D eigenvalue weighted by Gasteiger charge is -2.25. The van der Waals surface area contributed by atoms with E-state index in [1.54, 1.807) is 13.8 Å². The molecule has 0 spiro atoms. The van der Waals surface area contributed by atoms with Crippen molar-refractivity contribution in [3.8, 4) is 0 Å². The first-order valence-corrected chi connectivity index (χ1v) is 11.7. The van der Waals surface area contributed by atoms with E-state index in [4.69, 9.17) is 18.9 Å². The Morgan fingerprint density at radius 2 is 2.13 bits per heavy atom. The molecule has 1 aromatic heterocycles. The molecule has 1 aliphatic carbocycles. The van der Waals surface area contributed by atoms with Crippen LogP contribution in [0, 0.1) is 10.8 Å². The van der Waals surface area contributed by atoms with Crippen LogP contribution in [0.1, 0.15) is 20.1 Å². The van der Waals surface area contributed by atoms with Gasteiger partial charge in [0.25, 0.3) is 5.56 Å². The second kappa shape index (κ2) is 9.28. The van der Waals surface area contributed by atoms with Crippen LogP contribution in [-0.2, 0) is 23.1 Å². The van der Waals surface area contributed by atoms with E-state index in [-0.39, 0.29) is 24.1 Å². The molecule has 1 saturated heterocycles. The van der Waals surface area contributed by atoms with Crippen LogP contribution in [0.25, 0.3) is 0 Å². The summed E-state index contributed by atoms with van der Waals surface area (Å²) in [6.07, 6.45) is -3.07. The number of nitrogens with one attached hydrogen (secondary N) is 1. The van der Waals surface area contributed by atoms with Crippen LogP contribution in [0.2, 0.25) is 0 Å². The average Bonchev–Trinajstić information content (AvgIpc) is 3.22. The summed E-state index contributed by atoms with van der Waals surface area (Å²) in [7, 11) is -3.01. The molecule has 4 N–H and O–H groups in total. The highest BCUT2D eigenvalue weighted by Crippen LogP contribution is 2.63. The number of fused-ring (bicyclic) bond motifs is 1. The van der Waals surface area contributed by atoms with E-state index in [0.29, 0.717) is 0 Å². The fourth-order valence-corrected chi connectivity index (χ4v) is 5.20. The fraction of sp³-hybridized carbons (Fsp3) is 0.706. The first kappa shape index (κ1) is 24.3. The molecule has 31 heavy (non-hydrogen) atoms. The van der Waals surface area contributed by atoms with E-state index in [0.717, 1.165) is 22.4 Å². The maximum absolute atomic E-state index is 12.1. The molecular weight excluding hydrogens is 455 g/mol. The summed E-state index contributed by atoms with van der Waals surface area (Å²) in [4.78, 5) is 37.1. The number of hydrogen-bond donors (Lipinski definition) is 4. The number of H-pyrrole nitrogens is 1. The Hall–Kier alpha value is -1.31. The number of thioether (sulfide) groups is 1. The van der Waals surface area contributed by atoms with Crippen molar-refractivity contribution in [3.05, 3.63) is 33.1 Å². The first-order valence-electron chi connectivity index (χ1n) is 9.46. The molecule has 0 amide bonds. The third kappa shape index (κ3) is 4.60.